The Balaban J connectivity index is 2.11. The summed E-state index contributed by atoms with van der Waals surface area (Å²) in [4.78, 5) is 0. The highest BCUT2D eigenvalue weighted by Crippen LogP contribution is 2.33. The molecule has 2 aromatic carbocycles. The Morgan fingerprint density at radius 3 is 2.43 bits per heavy atom. The van der Waals surface area contributed by atoms with E-state index >= 15 is 0 Å². The van der Waals surface area contributed by atoms with E-state index in [2.05, 4.69) is 5.32 Å². The molecule has 0 aliphatic rings. The predicted octanol–water partition coefficient (Wildman–Crippen LogP) is 5.70. The molecule has 1 aromatic heterocycles. The summed E-state index contributed by atoms with van der Waals surface area (Å²) in [5.41, 5.74) is 1.66. The first kappa shape index (κ1) is 14.7. The largest absolute Gasteiger partial charge is 0.459 e. The Kier molecular flexibility index (Phi) is 4.14. The van der Waals surface area contributed by atoms with Crippen molar-refractivity contribution in [3.8, 4) is 0 Å². The summed E-state index contributed by atoms with van der Waals surface area (Å²) in [6.07, 6.45) is 0. The van der Waals surface area contributed by atoms with Crippen molar-refractivity contribution in [3.05, 3.63) is 68.9 Å². The Morgan fingerprint density at radius 1 is 0.952 bits per heavy atom. The first-order valence-corrected chi connectivity index (χ1v) is 7.53. The minimum atomic E-state index is -0.178. The number of furan rings is 1. The quantitative estimate of drug-likeness (QED) is 0.661. The molecule has 0 saturated carbocycles. The molecular weight excluding hydrogens is 329 g/mol. The smallest absolute Gasteiger partial charge is 0.134 e. The third kappa shape index (κ3) is 2.90. The number of hydrogen-bond donors (Lipinski definition) is 1. The highest BCUT2D eigenvalue weighted by atomic mass is 35.5. The summed E-state index contributed by atoms with van der Waals surface area (Å²) in [7, 11) is 1.85. The number of hydrogen-bond acceptors (Lipinski definition) is 2. The standard InChI is InChI=1S/C16H12Cl3NO/c1-20-16(12-8-11(18)2-4-13(12)19)15-7-9-6-10(17)3-5-14(9)21-15/h2-8,16,20H,1H3. The van der Waals surface area contributed by atoms with Gasteiger partial charge < -0.3 is 9.73 Å². The van der Waals surface area contributed by atoms with Gasteiger partial charge in [-0.05, 0) is 55.1 Å². The van der Waals surface area contributed by atoms with Crippen LogP contribution in [-0.4, -0.2) is 7.05 Å². The fourth-order valence-corrected chi connectivity index (χ4v) is 2.95. The summed E-state index contributed by atoms with van der Waals surface area (Å²) in [6.45, 7) is 0. The molecule has 2 nitrogen and oxygen atoms in total. The van der Waals surface area contributed by atoms with Gasteiger partial charge in [0.1, 0.15) is 11.3 Å². The summed E-state index contributed by atoms with van der Waals surface area (Å²) in [5.74, 6) is 0.763. The number of benzene rings is 2. The van der Waals surface area contributed by atoms with E-state index in [1.54, 1.807) is 18.2 Å². The SMILES string of the molecule is CNC(c1cc2cc(Cl)ccc2o1)c1cc(Cl)ccc1Cl. The summed E-state index contributed by atoms with van der Waals surface area (Å²) in [6, 6.07) is 12.7. The lowest BCUT2D eigenvalue weighted by atomic mass is 10.0. The zero-order valence-electron chi connectivity index (χ0n) is 11.2. The van der Waals surface area contributed by atoms with Gasteiger partial charge >= 0.3 is 0 Å². The van der Waals surface area contributed by atoms with Crippen molar-refractivity contribution >= 4 is 45.8 Å². The summed E-state index contributed by atoms with van der Waals surface area (Å²) < 4.78 is 5.90. The van der Waals surface area contributed by atoms with Crippen LogP contribution in [0.4, 0.5) is 0 Å². The molecule has 3 aromatic rings. The van der Waals surface area contributed by atoms with Gasteiger partial charge in [0.2, 0.25) is 0 Å². The first-order chi connectivity index (χ1) is 10.1. The maximum atomic E-state index is 6.28. The monoisotopic (exact) mass is 339 g/mol. The summed E-state index contributed by atoms with van der Waals surface area (Å²) >= 11 is 18.4. The minimum Gasteiger partial charge on any atom is -0.459 e. The highest BCUT2D eigenvalue weighted by Gasteiger charge is 2.20. The average molecular weight is 341 g/mol. The van der Waals surface area contributed by atoms with Gasteiger partial charge in [-0.25, -0.2) is 0 Å². The summed E-state index contributed by atoms with van der Waals surface area (Å²) in [5, 5.41) is 6.11. The Morgan fingerprint density at radius 2 is 1.67 bits per heavy atom. The van der Waals surface area contributed by atoms with Gasteiger partial charge in [-0.2, -0.15) is 0 Å². The van der Waals surface area contributed by atoms with Crippen LogP contribution in [0.3, 0.4) is 0 Å². The molecular formula is C16H12Cl3NO. The van der Waals surface area contributed by atoms with Crippen molar-refractivity contribution in [2.75, 3.05) is 7.05 Å². The maximum Gasteiger partial charge on any atom is 0.134 e. The van der Waals surface area contributed by atoms with Crippen LogP contribution in [0.5, 0.6) is 0 Å². The molecule has 5 heteroatoms. The van der Waals surface area contributed by atoms with Crippen LogP contribution in [0.1, 0.15) is 17.4 Å². The third-order valence-corrected chi connectivity index (χ3v) is 4.15. The Hall–Kier alpha value is -1.19. The minimum absolute atomic E-state index is 0.178. The molecule has 0 amide bonds. The molecule has 0 aliphatic carbocycles. The van der Waals surface area contributed by atoms with Crippen molar-refractivity contribution in [2.45, 2.75) is 6.04 Å². The molecule has 3 rings (SSSR count). The molecule has 108 valence electrons. The lowest BCUT2D eigenvalue weighted by Crippen LogP contribution is -2.17. The number of rotatable bonds is 3. The zero-order chi connectivity index (χ0) is 15.0. The van der Waals surface area contributed by atoms with Crippen LogP contribution < -0.4 is 5.32 Å². The third-order valence-electron chi connectivity index (χ3n) is 3.34. The van der Waals surface area contributed by atoms with Gasteiger partial charge in [0.25, 0.3) is 0 Å². The van der Waals surface area contributed by atoms with E-state index in [1.165, 1.54) is 0 Å². The van der Waals surface area contributed by atoms with E-state index < -0.39 is 0 Å². The van der Waals surface area contributed by atoms with Crippen LogP contribution in [0.2, 0.25) is 15.1 Å². The molecule has 1 unspecified atom stereocenters. The van der Waals surface area contributed by atoms with E-state index in [0.717, 1.165) is 22.3 Å². The second kappa shape index (κ2) is 5.90. The van der Waals surface area contributed by atoms with Crippen LogP contribution in [0, 0.1) is 0 Å². The van der Waals surface area contributed by atoms with Crippen LogP contribution in [0.15, 0.2) is 46.9 Å². The van der Waals surface area contributed by atoms with E-state index in [9.17, 15) is 0 Å². The molecule has 0 aliphatic heterocycles. The first-order valence-electron chi connectivity index (χ1n) is 6.39. The van der Waals surface area contributed by atoms with Crippen molar-refractivity contribution in [1.29, 1.82) is 0 Å². The maximum absolute atomic E-state index is 6.28. The van der Waals surface area contributed by atoms with Gasteiger partial charge in [0.15, 0.2) is 0 Å². The highest BCUT2D eigenvalue weighted by molar-refractivity contribution is 6.33. The molecule has 1 atom stereocenters. The topological polar surface area (TPSA) is 25.2 Å². The molecule has 1 heterocycles. The lowest BCUT2D eigenvalue weighted by molar-refractivity contribution is 0.492. The number of fused-ring (bicyclic) bond motifs is 1. The molecule has 0 radical (unpaired) electrons. The van der Waals surface area contributed by atoms with E-state index in [0.29, 0.717) is 15.1 Å². The van der Waals surface area contributed by atoms with E-state index in [1.807, 2.05) is 31.3 Å². The van der Waals surface area contributed by atoms with Gasteiger partial charge in [-0.3, -0.25) is 0 Å². The molecule has 0 bridgehead atoms. The van der Waals surface area contributed by atoms with Crippen LogP contribution in [0.25, 0.3) is 11.0 Å². The molecule has 0 saturated heterocycles. The Labute approximate surface area is 137 Å². The predicted molar refractivity (Wildman–Crippen MR) is 88.6 cm³/mol. The molecule has 0 spiro atoms. The molecule has 0 fully saturated rings. The fourth-order valence-electron chi connectivity index (χ4n) is 2.36. The molecule has 1 N–H and O–H groups in total. The fraction of sp³-hybridized carbons (Fsp3) is 0.125. The zero-order valence-corrected chi connectivity index (χ0v) is 13.4. The average Bonchev–Trinajstić information content (AvgIpc) is 2.86. The van der Waals surface area contributed by atoms with E-state index in [-0.39, 0.29) is 6.04 Å². The van der Waals surface area contributed by atoms with Gasteiger partial charge in [-0.15, -0.1) is 0 Å². The second-order valence-electron chi connectivity index (χ2n) is 4.72. The second-order valence-corrected chi connectivity index (χ2v) is 6.00. The molecule has 21 heavy (non-hydrogen) atoms. The normalized spacial score (nSPS) is 12.8. The van der Waals surface area contributed by atoms with Gasteiger partial charge in [-0.1, -0.05) is 34.8 Å². The van der Waals surface area contributed by atoms with Crippen LogP contribution in [-0.2, 0) is 0 Å². The van der Waals surface area contributed by atoms with Crippen molar-refractivity contribution in [3.63, 3.8) is 0 Å². The number of nitrogens with one attached hydrogen (secondary N) is 1. The van der Waals surface area contributed by atoms with Crippen molar-refractivity contribution < 1.29 is 4.42 Å². The van der Waals surface area contributed by atoms with E-state index in [4.69, 9.17) is 39.2 Å². The van der Waals surface area contributed by atoms with Gasteiger partial charge in [0.05, 0.1) is 6.04 Å². The van der Waals surface area contributed by atoms with Crippen molar-refractivity contribution in [1.82, 2.24) is 5.32 Å². The Bertz CT molecular complexity index is 797. The van der Waals surface area contributed by atoms with Crippen molar-refractivity contribution in [2.24, 2.45) is 0 Å². The lowest BCUT2D eigenvalue weighted by Gasteiger charge is -2.15. The number of halogens is 3. The van der Waals surface area contributed by atoms with Crippen LogP contribution >= 0.6 is 34.8 Å². The van der Waals surface area contributed by atoms with Gasteiger partial charge in [0, 0.05) is 20.5 Å².